The van der Waals surface area contributed by atoms with E-state index in [2.05, 4.69) is 40.2 Å². The Hall–Kier alpha value is -2.45. The van der Waals surface area contributed by atoms with Gasteiger partial charge in [0.1, 0.15) is 0 Å². The molecule has 1 aliphatic rings. The molecule has 0 radical (unpaired) electrons. The predicted octanol–water partition coefficient (Wildman–Crippen LogP) is 1.87. The molecule has 25 heavy (non-hydrogen) atoms. The van der Waals surface area contributed by atoms with E-state index in [1.807, 2.05) is 0 Å². The van der Waals surface area contributed by atoms with Crippen molar-refractivity contribution in [1.29, 1.82) is 0 Å². The molecule has 0 atom stereocenters. The van der Waals surface area contributed by atoms with Gasteiger partial charge in [-0.3, -0.25) is 4.90 Å². The molecule has 0 bridgehead atoms. The largest absolute Gasteiger partial charge is 0.473 e. The standard InChI is InChI=1S/C15H19N3S.C2H2O4/c16-15-17-13-8-10-18(11-14(13)19-15)9-4-7-12-5-2-1-3-6-12;3-1(4)2(5)6/h1-3,5-6H,4,7-11H2,(H2,16,17);(H,3,4)(H,5,6). The van der Waals surface area contributed by atoms with Crippen LogP contribution in [0.3, 0.4) is 0 Å². The number of hydrogen-bond acceptors (Lipinski definition) is 6. The van der Waals surface area contributed by atoms with E-state index >= 15 is 0 Å². The molecule has 0 spiro atoms. The maximum atomic E-state index is 9.10. The van der Waals surface area contributed by atoms with E-state index in [0.717, 1.165) is 37.6 Å². The molecule has 134 valence electrons. The molecule has 0 saturated carbocycles. The predicted molar refractivity (Wildman–Crippen MR) is 95.5 cm³/mol. The molecular formula is C17H21N3O4S. The lowest BCUT2D eigenvalue weighted by Gasteiger charge is -2.25. The fourth-order valence-electron chi connectivity index (χ4n) is 2.61. The average Bonchev–Trinajstić information content (AvgIpc) is 2.95. The van der Waals surface area contributed by atoms with Gasteiger partial charge in [0.2, 0.25) is 0 Å². The Morgan fingerprint density at radius 2 is 1.88 bits per heavy atom. The molecule has 0 fully saturated rings. The van der Waals surface area contributed by atoms with Crippen LogP contribution in [0.4, 0.5) is 5.13 Å². The molecule has 2 aromatic rings. The summed E-state index contributed by atoms with van der Waals surface area (Å²) in [4.78, 5) is 26.5. The van der Waals surface area contributed by atoms with Gasteiger partial charge in [0.15, 0.2) is 5.13 Å². The minimum Gasteiger partial charge on any atom is -0.473 e. The number of aromatic nitrogens is 1. The molecule has 1 aromatic heterocycles. The van der Waals surface area contributed by atoms with Crippen LogP contribution in [0, 0.1) is 0 Å². The van der Waals surface area contributed by atoms with Crippen LogP contribution < -0.4 is 5.73 Å². The van der Waals surface area contributed by atoms with E-state index in [1.165, 1.54) is 22.6 Å². The van der Waals surface area contributed by atoms with E-state index in [1.54, 1.807) is 11.3 Å². The topological polar surface area (TPSA) is 117 Å². The number of rotatable bonds is 4. The first-order valence-electron chi connectivity index (χ1n) is 7.92. The molecule has 0 unspecified atom stereocenters. The van der Waals surface area contributed by atoms with E-state index in [-0.39, 0.29) is 0 Å². The summed E-state index contributed by atoms with van der Waals surface area (Å²) in [6.45, 7) is 3.30. The van der Waals surface area contributed by atoms with Crippen molar-refractivity contribution in [3.8, 4) is 0 Å². The van der Waals surface area contributed by atoms with Crippen molar-refractivity contribution in [1.82, 2.24) is 9.88 Å². The molecular weight excluding hydrogens is 342 g/mol. The number of nitrogen functional groups attached to an aromatic ring is 1. The van der Waals surface area contributed by atoms with Crippen LogP contribution in [0.15, 0.2) is 30.3 Å². The summed E-state index contributed by atoms with van der Waals surface area (Å²) in [6, 6.07) is 10.7. The Morgan fingerprint density at radius 1 is 1.20 bits per heavy atom. The first-order chi connectivity index (χ1) is 12.0. The normalized spacial score (nSPS) is 13.4. The van der Waals surface area contributed by atoms with Crippen molar-refractivity contribution in [3.05, 3.63) is 46.5 Å². The molecule has 1 aliphatic heterocycles. The lowest BCUT2D eigenvalue weighted by atomic mass is 10.1. The second-order valence-electron chi connectivity index (χ2n) is 5.65. The number of anilines is 1. The summed E-state index contributed by atoms with van der Waals surface area (Å²) < 4.78 is 0. The summed E-state index contributed by atoms with van der Waals surface area (Å²) in [5.41, 5.74) is 8.43. The van der Waals surface area contributed by atoms with Gasteiger partial charge in [-0.25, -0.2) is 14.6 Å². The van der Waals surface area contributed by atoms with Gasteiger partial charge in [-0.2, -0.15) is 0 Å². The van der Waals surface area contributed by atoms with Crippen molar-refractivity contribution in [3.63, 3.8) is 0 Å². The number of carboxylic acid groups (broad SMARTS) is 2. The van der Waals surface area contributed by atoms with E-state index in [9.17, 15) is 0 Å². The molecule has 0 aliphatic carbocycles. The number of thiazole rings is 1. The number of carboxylic acids is 2. The summed E-state index contributed by atoms with van der Waals surface area (Å²) in [6.07, 6.45) is 3.43. The highest BCUT2D eigenvalue weighted by atomic mass is 32.1. The lowest BCUT2D eigenvalue weighted by Crippen LogP contribution is -2.31. The highest BCUT2D eigenvalue weighted by Gasteiger charge is 2.19. The van der Waals surface area contributed by atoms with E-state index < -0.39 is 11.9 Å². The zero-order chi connectivity index (χ0) is 18.2. The summed E-state index contributed by atoms with van der Waals surface area (Å²) in [5, 5.41) is 15.5. The van der Waals surface area contributed by atoms with Gasteiger partial charge < -0.3 is 15.9 Å². The Bertz CT molecular complexity index is 706. The molecule has 2 heterocycles. The molecule has 1 aromatic carbocycles. The maximum Gasteiger partial charge on any atom is 0.414 e. The number of aryl methyl sites for hydroxylation is 1. The van der Waals surface area contributed by atoms with Crippen LogP contribution >= 0.6 is 11.3 Å². The fraction of sp³-hybridized carbons (Fsp3) is 0.353. The Kier molecular flexibility index (Phi) is 6.91. The van der Waals surface area contributed by atoms with Gasteiger partial charge in [-0.1, -0.05) is 30.3 Å². The quantitative estimate of drug-likeness (QED) is 0.710. The van der Waals surface area contributed by atoms with E-state index in [4.69, 9.17) is 25.5 Å². The number of hydrogen-bond donors (Lipinski definition) is 3. The number of nitrogens with zero attached hydrogens (tertiary/aromatic N) is 2. The summed E-state index contributed by atoms with van der Waals surface area (Å²) in [5.74, 6) is -3.65. The number of nitrogens with two attached hydrogens (primary N) is 1. The van der Waals surface area contributed by atoms with Gasteiger partial charge in [-0.05, 0) is 24.9 Å². The van der Waals surface area contributed by atoms with Crippen LogP contribution in [0.5, 0.6) is 0 Å². The minimum atomic E-state index is -1.82. The van der Waals surface area contributed by atoms with Gasteiger partial charge in [0, 0.05) is 24.4 Å². The third-order valence-electron chi connectivity index (χ3n) is 3.79. The second kappa shape index (κ2) is 9.14. The molecule has 3 rings (SSSR count). The maximum absolute atomic E-state index is 9.10. The highest BCUT2D eigenvalue weighted by molar-refractivity contribution is 7.15. The zero-order valence-corrected chi connectivity index (χ0v) is 14.5. The smallest absolute Gasteiger partial charge is 0.414 e. The number of fused-ring (bicyclic) bond motifs is 1. The average molecular weight is 363 g/mol. The number of carbonyl (C=O) groups is 2. The minimum absolute atomic E-state index is 0.719. The van der Waals surface area contributed by atoms with Gasteiger partial charge in [0.25, 0.3) is 0 Å². The van der Waals surface area contributed by atoms with Gasteiger partial charge >= 0.3 is 11.9 Å². The van der Waals surface area contributed by atoms with Crippen molar-refractivity contribution >= 4 is 28.4 Å². The third-order valence-corrected chi connectivity index (χ3v) is 4.70. The fourth-order valence-corrected chi connectivity index (χ4v) is 3.53. The monoisotopic (exact) mass is 363 g/mol. The molecule has 8 heteroatoms. The third kappa shape index (κ3) is 6.17. The molecule has 4 N–H and O–H groups in total. The number of aliphatic carboxylic acids is 2. The van der Waals surface area contributed by atoms with Crippen molar-refractivity contribution in [2.75, 3.05) is 18.8 Å². The van der Waals surface area contributed by atoms with Crippen LogP contribution in [0.25, 0.3) is 0 Å². The van der Waals surface area contributed by atoms with Crippen LogP contribution in [-0.4, -0.2) is 45.1 Å². The lowest BCUT2D eigenvalue weighted by molar-refractivity contribution is -0.159. The van der Waals surface area contributed by atoms with Crippen molar-refractivity contribution < 1.29 is 19.8 Å². The van der Waals surface area contributed by atoms with Crippen LogP contribution in [0.2, 0.25) is 0 Å². The number of benzene rings is 1. The Labute approximate surface area is 149 Å². The highest BCUT2D eigenvalue weighted by Crippen LogP contribution is 2.26. The Balaban J connectivity index is 0.000000326. The van der Waals surface area contributed by atoms with Crippen LogP contribution in [0.1, 0.15) is 22.6 Å². The second-order valence-corrected chi connectivity index (χ2v) is 6.76. The summed E-state index contributed by atoms with van der Waals surface area (Å²) >= 11 is 1.65. The summed E-state index contributed by atoms with van der Waals surface area (Å²) in [7, 11) is 0. The Morgan fingerprint density at radius 3 is 2.52 bits per heavy atom. The van der Waals surface area contributed by atoms with Crippen molar-refractivity contribution in [2.24, 2.45) is 0 Å². The zero-order valence-electron chi connectivity index (χ0n) is 13.7. The molecule has 7 nitrogen and oxygen atoms in total. The SMILES string of the molecule is Nc1nc2c(s1)CN(CCCc1ccccc1)CC2.O=C(O)C(=O)O. The first kappa shape index (κ1) is 18.9. The van der Waals surface area contributed by atoms with Gasteiger partial charge in [-0.15, -0.1) is 11.3 Å². The van der Waals surface area contributed by atoms with Crippen LogP contribution in [-0.2, 0) is 29.0 Å². The molecule has 0 amide bonds. The van der Waals surface area contributed by atoms with Crippen molar-refractivity contribution in [2.45, 2.75) is 25.8 Å². The van der Waals surface area contributed by atoms with E-state index in [0.29, 0.717) is 0 Å². The molecule has 0 saturated heterocycles. The van der Waals surface area contributed by atoms with Gasteiger partial charge in [0.05, 0.1) is 5.69 Å². The first-order valence-corrected chi connectivity index (χ1v) is 8.74.